The molecule has 0 radical (unpaired) electrons. The summed E-state index contributed by atoms with van der Waals surface area (Å²) in [5.74, 6) is -0.0716. The van der Waals surface area contributed by atoms with E-state index < -0.39 is 0 Å². The van der Waals surface area contributed by atoms with Crippen LogP contribution in [0.2, 0.25) is 0 Å². The lowest BCUT2D eigenvalue weighted by atomic mass is 10.1. The lowest BCUT2D eigenvalue weighted by Crippen LogP contribution is -2.45. The van der Waals surface area contributed by atoms with E-state index in [1.54, 1.807) is 0 Å². The largest absolute Gasteiger partial charge is 0.353 e. The summed E-state index contributed by atoms with van der Waals surface area (Å²) < 4.78 is 0.358. The Morgan fingerprint density at radius 2 is 1.67 bits per heavy atom. The summed E-state index contributed by atoms with van der Waals surface area (Å²) in [6.45, 7) is 8.41. The van der Waals surface area contributed by atoms with Gasteiger partial charge in [0.25, 0.3) is 0 Å². The number of likely N-dealkylation sites (N-methyl/N-ethyl adjacent to an activating group) is 1. The van der Waals surface area contributed by atoms with E-state index in [-0.39, 0.29) is 11.8 Å². The number of rotatable bonds is 9. The van der Waals surface area contributed by atoms with Crippen molar-refractivity contribution < 1.29 is 14.1 Å². The van der Waals surface area contributed by atoms with Gasteiger partial charge in [-0.15, -0.1) is 0 Å². The summed E-state index contributed by atoms with van der Waals surface area (Å²) in [4.78, 5) is 22.4. The van der Waals surface area contributed by atoms with Gasteiger partial charge in [0.05, 0.1) is 20.6 Å². The summed E-state index contributed by atoms with van der Waals surface area (Å²) in [6, 6.07) is 0. The fraction of sp³-hybridized carbons (Fsp3) is 0.571. The van der Waals surface area contributed by atoms with Gasteiger partial charge < -0.3 is 5.32 Å². The molecule has 0 fully saturated rings. The molecule has 0 saturated carbocycles. The van der Waals surface area contributed by atoms with Crippen molar-refractivity contribution in [1.82, 2.24) is 5.32 Å². The molecular weight excluding hydrogens is 228 g/mol. The van der Waals surface area contributed by atoms with E-state index in [9.17, 15) is 9.59 Å². The first kappa shape index (κ1) is 16.6. The Morgan fingerprint density at radius 1 is 1.06 bits per heavy atom. The Balaban J connectivity index is 3.57. The van der Waals surface area contributed by atoms with Crippen molar-refractivity contribution in [1.29, 1.82) is 0 Å². The van der Waals surface area contributed by atoms with E-state index in [4.69, 9.17) is 0 Å². The van der Waals surface area contributed by atoms with Crippen LogP contribution in [0.3, 0.4) is 0 Å². The molecule has 0 aliphatic carbocycles. The molecule has 2 amide bonds. The van der Waals surface area contributed by atoms with Crippen LogP contribution in [-0.4, -0.2) is 43.5 Å². The first-order valence-electron chi connectivity index (χ1n) is 6.34. The van der Waals surface area contributed by atoms with Gasteiger partial charge in [-0.1, -0.05) is 19.6 Å². The monoisotopic (exact) mass is 253 g/mol. The van der Waals surface area contributed by atoms with Crippen molar-refractivity contribution >= 4 is 11.8 Å². The number of hydrogen-bond donors (Lipinski definition) is 1. The Hall–Kier alpha value is -1.42. The molecule has 102 valence electrons. The smallest absolute Gasteiger partial charge is 0.337 e. The molecule has 0 rings (SSSR count). The Bertz CT molecular complexity index is 309. The van der Waals surface area contributed by atoms with Crippen molar-refractivity contribution in [2.45, 2.75) is 25.7 Å². The third kappa shape index (κ3) is 7.01. The number of carbonyl (C=O) groups excluding carboxylic acids is 2. The maximum atomic E-state index is 11.5. The number of carbonyl (C=O) groups is 2. The highest BCUT2D eigenvalue weighted by Gasteiger charge is 2.21. The number of nitrogens with zero attached hydrogens (tertiary/aromatic N) is 1. The van der Waals surface area contributed by atoms with Gasteiger partial charge in [-0.3, -0.25) is 9.28 Å². The van der Waals surface area contributed by atoms with Crippen molar-refractivity contribution in [3.63, 3.8) is 0 Å². The fourth-order valence-corrected chi connectivity index (χ4v) is 1.63. The lowest BCUT2D eigenvalue weighted by Gasteiger charge is -2.25. The summed E-state index contributed by atoms with van der Waals surface area (Å²) >= 11 is 0. The highest BCUT2D eigenvalue weighted by atomic mass is 16.2. The van der Waals surface area contributed by atoms with Gasteiger partial charge >= 0.3 is 5.91 Å². The minimum atomic E-state index is -0.121. The third-order valence-electron chi connectivity index (χ3n) is 2.90. The Kier molecular flexibility index (Phi) is 7.96. The minimum Gasteiger partial charge on any atom is -0.353 e. The maximum absolute atomic E-state index is 11.5. The average Bonchev–Trinajstić information content (AvgIpc) is 2.35. The second-order valence-electron chi connectivity index (χ2n) is 4.86. The Labute approximate surface area is 110 Å². The molecule has 0 bridgehead atoms. The highest BCUT2D eigenvalue weighted by molar-refractivity contribution is 5.86. The molecule has 4 nitrogen and oxygen atoms in total. The van der Waals surface area contributed by atoms with E-state index in [1.807, 2.05) is 14.1 Å². The van der Waals surface area contributed by atoms with Gasteiger partial charge in [0.15, 0.2) is 0 Å². The van der Waals surface area contributed by atoms with Crippen LogP contribution in [0, 0.1) is 0 Å². The molecule has 0 aromatic carbocycles. The first-order valence-corrected chi connectivity index (χ1v) is 6.34. The number of nitrogens with one attached hydrogen (secondary N) is 1. The molecule has 0 aromatic rings. The molecule has 0 aliphatic heterocycles. The van der Waals surface area contributed by atoms with Crippen LogP contribution in [-0.2, 0) is 9.59 Å². The molecule has 0 unspecified atom stereocenters. The van der Waals surface area contributed by atoms with Crippen LogP contribution in [0.5, 0.6) is 0 Å². The van der Waals surface area contributed by atoms with Crippen molar-refractivity contribution in [2.75, 3.05) is 27.2 Å². The van der Waals surface area contributed by atoms with Gasteiger partial charge in [-0.05, 0) is 25.3 Å². The van der Waals surface area contributed by atoms with Crippen LogP contribution >= 0.6 is 0 Å². The predicted octanol–water partition coefficient (Wildman–Crippen LogP) is 1.64. The van der Waals surface area contributed by atoms with Crippen molar-refractivity contribution in [2.24, 2.45) is 0 Å². The van der Waals surface area contributed by atoms with Gasteiger partial charge in [0, 0.05) is 12.6 Å². The van der Waals surface area contributed by atoms with Crippen LogP contribution in [0.4, 0.5) is 0 Å². The molecular formula is C14H25N2O2+. The third-order valence-corrected chi connectivity index (χ3v) is 2.90. The summed E-state index contributed by atoms with van der Waals surface area (Å²) in [5.41, 5.74) is 0. The van der Waals surface area contributed by atoms with Crippen LogP contribution in [0.25, 0.3) is 0 Å². The zero-order valence-electron chi connectivity index (χ0n) is 11.6. The molecule has 4 heteroatoms. The highest BCUT2D eigenvalue weighted by Crippen LogP contribution is 2.06. The van der Waals surface area contributed by atoms with Gasteiger partial charge in [-0.25, -0.2) is 4.79 Å². The normalized spacial score (nSPS) is 10.8. The first-order chi connectivity index (χ1) is 8.44. The number of amides is 2. The van der Waals surface area contributed by atoms with E-state index in [1.165, 1.54) is 12.2 Å². The quantitative estimate of drug-likeness (QED) is 0.386. The lowest BCUT2D eigenvalue weighted by molar-refractivity contribution is -0.811. The van der Waals surface area contributed by atoms with Crippen LogP contribution < -0.4 is 5.32 Å². The van der Waals surface area contributed by atoms with Gasteiger partial charge in [0.1, 0.15) is 0 Å². The number of hydrogen-bond acceptors (Lipinski definition) is 2. The molecule has 0 saturated heterocycles. The predicted molar refractivity (Wildman–Crippen MR) is 73.9 cm³/mol. The minimum absolute atomic E-state index is 0.0493. The maximum Gasteiger partial charge on any atom is 0.337 e. The zero-order valence-corrected chi connectivity index (χ0v) is 11.6. The van der Waals surface area contributed by atoms with E-state index in [0.29, 0.717) is 11.0 Å². The summed E-state index contributed by atoms with van der Waals surface area (Å²) in [6.07, 6.45) is 6.74. The molecule has 18 heavy (non-hydrogen) atoms. The van der Waals surface area contributed by atoms with Gasteiger partial charge in [-0.2, -0.15) is 0 Å². The molecule has 1 N–H and O–H groups in total. The standard InChI is InChI=1S/C14H24N2O2/c1-5-13(17)15-11-9-7-8-10-12-16(3,4)14(18)6-2/h5-6H,1-2,7-12H2,3-4H3/p+1. The van der Waals surface area contributed by atoms with E-state index in [2.05, 4.69) is 18.5 Å². The van der Waals surface area contributed by atoms with E-state index >= 15 is 0 Å². The van der Waals surface area contributed by atoms with Crippen LogP contribution in [0.1, 0.15) is 25.7 Å². The zero-order chi connectivity index (χ0) is 14.0. The molecule has 0 aromatic heterocycles. The van der Waals surface area contributed by atoms with Crippen LogP contribution in [0.15, 0.2) is 25.3 Å². The molecule has 0 spiro atoms. The number of quaternary nitrogens is 1. The molecule has 0 heterocycles. The fourth-order valence-electron chi connectivity index (χ4n) is 1.63. The SMILES string of the molecule is C=CC(=O)NCCCCCC[N+](C)(C)C(=O)C=C. The van der Waals surface area contributed by atoms with Gasteiger partial charge in [0.2, 0.25) is 5.91 Å². The van der Waals surface area contributed by atoms with Crippen molar-refractivity contribution in [3.05, 3.63) is 25.3 Å². The summed E-state index contributed by atoms with van der Waals surface area (Å²) in [7, 11) is 3.79. The number of unbranched alkanes of at least 4 members (excludes halogenated alkanes) is 3. The Morgan fingerprint density at radius 3 is 2.22 bits per heavy atom. The topological polar surface area (TPSA) is 46.2 Å². The summed E-state index contributed by atoms with van der Waals surface area (Å²) in [5, 5.41) is 2.74. The average molecular weight is 253 g/mol. The molecule has 0 aliphatic rings. The second kappa shape index (κ2) is 8.64. The van der Waals surface area contributed by atoms with Crippen molar-refractivity contribution in [3.8, 4) is 0 Å². The molecule has 0 atom stereocenters. The van der Waals surface area contributed by atoms with E-state index in [0.717, 1.165) is 32.2 Å². The second-order valence-corrected chi connectivity index (χ2v) is 4.86.